The van der Waals surface area contributed by atoms with Gasteiger partial charge in [-0.2, -0.15) is 8.78 Å². The highest BCUT2D eigenvalue weighted by Crippen LogP contribution is 2.26. The number of aliphatic carboxylic acids is 1. The van der Waals surface area contributed by atoms with Crippen LogP contribution in [0.3, 0.4) is 0 Å². The fourth-order valence-corrected chi connectivity index (χ4v) is 1.63. The van der Waals surface area contributed by atoms with Gasteiger partial charge in [-0.15, -0.1) is 11.3 Å². The number of nitrogens with one attached hydrogen (secondary N) is 1. The van der Waals surface area contributed by atoms with E-state index >= 15 is 0 Å². The highest BCUT2D eigenvalue weighted by atomic mass is 32.1. The fourth-order valence-electron chi connectivity index (χ4n) is 0.888. The van der Waals surface area contributed by atoms with Gasteiger partial charge in [0, 0.05) is 0 Å². The molecule has 0 saturated heterocycles. The van der Waals surface area contributed by atoms with E-state index in [2.05, 4.69) is 4.74 Å². The van der Waals surface area contributed by atoms with Crippen molar-refractivity contribution in [2.45, 2.75) is 6.61 Å². The highest BCUT2D eigenvalue weighted by molar-refractivity contribution is 7.12. The second-order valence-electron chi connectivity index (χ2n) is 2.57. The van der Waals surface area contributed by atoms with Crippen molar-refractivity contribution in [3.05, 3.63) is 16.3 Å². The average molecular weight is 251 g/mol. The first kappa shape index (κ1) is 12.4. The first-order valence-corrected chi connectivity index (χ1v) is 4.91. The van der Waals surface area contributed by atoms with E-state index in [4.69, 9.17) is 5.11 Å². The van der Waals surface area contributed by atoms with Crippen LogP contribution in [0.25, 0.3) is 0 Å². The lowest BCUT2D eigenvalue weighted by atomic mass is 10.4. The maximum absolute atomic E-state index is 11.9. The lowest BCUT2D eigenvalue weighted by Gasteiger charge is -2.05. The molecule has 0 aliphatic rings. The van der Waals surface area contributed by atoms with Gasteiger partial charge in [-0.05, 0) is 11.4 Å². The van der Waals surface area contributed by atoms with E-state index < -0.39 is 25.0 Å². The number of rotatable bonds is 5. The van der Waals surface area contributed by atoms with Gasteiger partial charge in [0.2, 0.25) is 0 Å². The number of ether oxygens (including phenoxy) is 1. The van der Waals surface area contributed by atoms with Gasteiger partial charge >= 0.3 is 12.6 Å². The van der Waals surface area contributed by atoms with Crippen molar-refractivity contribution in [1.82, 2.24) is 5.32 Å². The number of carboxylic acids is 1. The number of carboxylic acid groups (broad SMARTS) is 1. The highest BCUT2D eigenvalue weighted by Gasteiger charge is 2.17. The average Bonchev–Trinajstić information content (AvgIpc) is 2.61. The van der Waals surface area contributed by atoms with Crippen LogP contribution in [0.15, 0.2) is 11.4 Å². The minimum absolute atomic E-state index is 0.0819. The Bertz CT molecular complexity index is 393. The summed E-state index contributed by atoms with van der Waals surface area (Å²) in [6.45, 7) is -3.61. The summed E-state index contributed by atoms with van der Waals surface area (Å²) in [5.74, 6) is -2.24. The molecule has 0 spiro atoms. The van der Waals surface area contributed by atoms with E-state index in [1.807, 2.05) is 5.32 Å². The van der Waals surface area contributed by atoms with Gasteiger partial charge in [-0.3, -0.25) is 9.59 Å². The number of thiophene rings is 1. The molecule has 0 radical (unpaired) electrons. The van der Waals surface area contributed by atoms with Crippen molar-refractivity contribution in [2.75, 3.05) is 6.54 Å². The first-order chi connectivity index (χ1) is 7.50. The molecule has 1 heterocycles. The molecule has 1 aromatic rings. The largest absolute Gasteiger partial charge is 0.480 e. The van der Waals surface area contributed by atoms with Crippen LogP contribution in [0.2, 0.25) is 0 Å². The Labute approximate surface area is 92.6 Å². The number of halogens is 2. The van der Waals surface area contributed by atoms with Crippen LogP contribution in [-0.4, -0.2) is 30.1 Å². The standard InChI is InChI=1S/C8H7F2NO4S/c9-8(10)15-4-1-2-16-6(4)7(14)11-3-5(12)13/h1-2,8H,3H2,(H,11,14)(H,12,13). The zero-order chi connectivity index (χ0) is 12.1. The van der Waals surface area contributed by atoms with Crippen LogP contribution < -0.4 is 10.1 Å². The van der Waals surface area contributed by atoms with Gasteiger partial charge in [0.25, 0.3) is 5.91 Å². The molecule has 0 atom stereocenters. The van der Waals surface area contributed by atoms with Crippen LogP contribution in [0.1, 0.15) is 9.67 Å². The molecule has 0 unspecified atom stereocenters. The molecule has 0 aliphatic heterocycles. The van der Waals surface area contributed by atoms with E-state index in [9.17, 15) is 18.4 Å². The maximum atomic E-state index is 11.9. The third kappa shape index (κ3) is 3.46. The van der Waals surface area contributed by atoms with Crippen LogP contribution in [0.5, 0.6) is 5.75 Å². The Morgan fingerprint density at radius 1 is 1.56 bits per heavy atom. The zero-order valence-electron chi connectivity index (χ0n) is 7.78. The third-order valence-corrected chi connectivity index (χ3v) is 2.35. The molecular weight excluding hydrogens is 244 g/mol. The Morgan fingerprint density at radius 3 is 2.81 bits per heavy atom. The van der Waals surface area contributed by atoms with E-state index in [1.54, 1.807) is 0 Å². The molecule has 16 heavy (non-hydrogen) atoms. The van der Waals surface area contributed by atoms with E-state index in [0.29, 0.717) is 0 Å². The van der Waals surface area contributed by atoms with Crippen molar-refractivity contribution < 1.29 is 28.2 Å². The van der Waals surface area contributed by atoms with Crippen LogP contribution >= 0.6 is 11.3 Å². The van der Waals surface area contributed by atoms with Crippen molar-refractivity contribution in [3.8, 4) is 5.75 Å². The SMILES string of the molecule is O=C(O)CNC(=O)c1sccc1OC(F)F. The fraction of sp³-hybridized carbons (Fsp3) is 0.250. The molecule has 5 nitrogen and oxygen atoms in total. The molecule has 0 saturated carbocycles. The predicted octanol–water partition coefficient (Wildman–Crippen LogP) is 1.16. The minimum Gasteiger partial charge on any atom is -0.480 e. The minimum atomic E-state index is -3.03. The number of carbonyl (C=O) groups excluding carboxylic acids is 1. The summed E-state index contributed by atoms with van der Waals surface area (Å²) in [5, 5.41) is 11.8. The smallest absolute Gasteiger partial charge is 0.387 e. The second kappa shape index (κ2) is 5.40. The molecule has 2 N–H and O–H groups in total. The van der Waals surface area contributed by atoms with Crippen molar-refractivity contribution in [3.63, 3.8) is 0 Å². The van der Waals surface area contributed by atoms with Gasteiger partial charge in [-0.25, -0.2) is 0 Å². The lowest BCUT2D eigenvalue weighted by molar-refractivity contribution is -0.135. The van der Waals surface area contributed by atoms with Crippen LogP contribution in [0, 0.1) is 0 Å². The normalized spacial score (nSPS) is 10.2. The zero-order valence-corrected chi connectivity index (χ0v) is 8.59. The molecule has 8 heteroatoms. The van der Waals surface area contributed by atoms with E-state index in [0.717, 1.165) is 11.3 Å². The molecule has 1 amide bonds. The van der Waals surface area contributed by atoms with Gasteiger partial charge in [0.1, 0.15) is 17.2 Å². The quantitative estimate of drug-likeness (QED) is 0.823. The topological polar surface area (TPSA) is 75.6 Å². The summed E-state index contributed by atoms with van der Waals surface area (Å²) in [5.41, 5.74) is 0. The maximum Gasteiger partial charge on any atom is 0.387 e. The summed E-state index contributed by atoms with van der Waals surface area (Å²) in [6.07, 6.45) is 0. The second-order valence-corrected chi connectivity index (χ2v) is 3.49. The Balaban J connectivity index is 2.68. The van der Waals surface area contributed by atoms with Crippen molar-refractivity contribution in [1.29, 1.82) is 0 Å². The molecular formula is C8H7F2NO4S. The number of hydrogen-bond donors (Lipinski definition) is 2. The Kier molecular flexibility index (Phi) is 4.18. The summed E-state index contributed by atoms with van der Waals surface area (Å²) < 4.78 is 27.9. The molecule has 1 aromatic heterocycles. The molecule has 0 fully saturated rings. The third-order valence-electron chi connectivity index (χ3n) is 1.45. The summed E-state index contributed by atoms with van der Waals surface area (Å²) in [7, 11) is 0. The first-order valence-electron chi connectivity index (χ1n) is 4.03. The number of amides is 1. The summed E-state index contributed by atoms with van der Waals surface area (Å²) >= 11 is 0.888. The molecule has 0 aliphatic carbocycles. The number of alkyl halides is 2. The van der Waals surface area contributed by atoms with Gasteiger partial charge in [0.05, 0.1) is 0 Å². The van der Waals surface area contributed by atoms with E-state index in [1.165, 1.54) is 11.4 Å². The van der Waals surface area contributed by atoms with Crippen molar-refractivity contribution in [2.24, 2.45) is 0 Å². The monoisotopic (exact) mass is 251 g/mol. The lowest BCUT2D eigenvalue weighted by Crippen LogP contribution is -2.29. The van der Waals surface area contributed by atoms with E-state index in [-0.39, 0.29) is 10.6 Å². The molecule has 0 aromatic carbocycles. The number of carbonyl (C=O) groups is 2. The van der Waals surface area contributed by atoms with Gasteiger partial charge in [0.15, 0.2) is 0 Å². The number of hydrogen-bond acceptors (Lipinski definition) is 4. The molecule has 1 rings (SSSR count). The Morgan fingerprint density at radius 2 is 2.25 bits per heavy atom. The van der Waals surface area contributed by atoms with Gasteiger partial charge in [-0.1, -0.05) is 0 Å². The van der Waals surface area contributed by atoms with Crippen molar-refractivity contribution >= 4 is 23.2 Å². The molecule has 88 valence electrons. The summed E-state index contributed by atoms with van der Waals surface area (Å²) in [6, 6.07) is 1.21. The predicted molar refractivity (Wildman–Crippen MR) is 50.9 cm³/mol. The van der Waals surface area contributed by atoms with Crippen LogP contribution in [-0.2, 0) is 4.79 Å². The Hall–Kier alpha value is -1.70. The van der Waals surface area contributed by atoms with Gasteiger partial charge < -0.3 is 15.2 Å². The van der Waals surface area contributed by atoms with Crippen LogP contribution in [0.4, 0.5) is 8.78 Å². The molecule has 0 bridgehead atoms. The summed E-state index contributed by atoms with van der Waals surface area (Å²) in [4.78, 5) is 21.4.